The van der Waals surface area contributed by atoms with Crippen LogP contribution >= 0.6 is 11.6 Å². The van der Waals surface area contributed by atoms with E-state index < -0.39 is 28.4 Å². The Kier molecular flexibility index (Phi) is 4.64. The van der Waals surface area contributed by atoms with Gasteiger partial charge in [-0.3, -0.25) is 9.52 Å². The van der Waals surface area contributed by atoms with Gasteiger partial charge in [0.25, 0.3) is 10.0 Å². The van der Waals surface area contributed by atoms with Gasteiger partial charge in [-0.2, -0.15) is 0 Å². The van der Waals surface area contributed by atoms with Crippen molar-refractivity contribution in [2.45, 2.75) is 18.4 Å². The van der Waals surface area contributed by atoms with Crippen molar-refractivity contribution in [2.24, 2.45) is 0 Å². The maximum Gasteiger partial charge on any atom is 0.323 e. The van der Waals surface area contributed by atoms with Gasteiger partial charge >= 0.3 is 5.97 Å². The third-order valence-electron chi connectivity index (χ3n) is 3.89. The number of hydrogen-bond donors (Lipinski definition) is 2. The molecule has 3 rings (SSSR count). The molecular formula is C17H14ClFN2O4S. The number of hydrogen-bond acceptors (Lipinski definition) is 3. The average molecular weight is 397 g/mol. The van der Waals surface area contributed by atoms with E-state index in [-0.39, 0.29) is 21.7 Å². The molecule has 1 heterocycles. The number of rotatable bonds is 5. The molecule has 0 radical (unpaired) electrons. The predicted octanol–water partition coefficient (Wildman–Crippen LogP) is 3.63. The molecule has 136 valence electrons. The minimum Gasteiger partial charge on any atom is -0.480 e. The van der Waals surface area contributed by atoms with Crippen molar-refractivity contribution in [1.29, 1.82) is 0 Å². The summed E-state index contributed by atoms with van der Waals surface area (Å²) in [6.07, 6.45) is 0. The number of aromatic nitrogens is 1. The van der Waals surface area contributed by atoms with Crippen LogP contribution in [0.15, 0.2) is 47.4 Å². The number of carboxylic acid groups (broad SMARTS) is 1. The lowest BCUT2D eigenvalue weighted by Gasteiger charge is -2.09. The number of anilines is 1. The molecule has 2 N–H and O–H groups in total. The van der Waals surface area contributed by atoms with Crippen LogP contribution in [0.1, 0.15) is 5.69 Å². The van der Waals surface area contributed by atoms with E-state index in [1.54, 1.807) is 0 Å². The number of fused-ring (bicyclic) bond motifs is 1. The van der Waals surface area contributed by atoms with E-state index in [1.165, 1.54) is 41.8 Å². The molecule has 6 nitrogen and oxygen atoms in total. The molecule has 0 aliphatic heterocycles. The summed E-state index contributed by atoms with van der Waals surface area (Å²) in [4.78, 5) is 11.0. The summed E-state index contributed by atoms with van der Waals surface area (Å²) < 4.78 is 43.3. The third-order valence-corrected chi connectivity index (χ3v) is 5.70. The molecule has 2 aromatic carbocycles. The van der Waals surface area contributed by atoms with E-state index in [9.17, 15) is 17.6 Å². The maximum atomic E-state index is 13.7. The van der Waals surface area contributed by atoms with Gasteiger partial charge in [0.15, 0.2) is 0 Å². The quantitative estimate of drug-likeness (QED) is 0.689. The number of aliphatic carboxylic acids is 1. The van der Waals surface area contributed by atoms with Gasteiger partial charge in [-0.25, -0.2) is 12.8 Å². The number of carbonyl (C=O) groups is 1. The standard InChI is InChI=1S/C17H14ClFN2O4S/c1-10-17(26(24,25)20-13-5-2-11(18)3-6-13)14-8-12(19)4-7-15(14)21(10)9-16(22)23/h2-8,20H,9H2,1H3,(H,22,23). The highest BCUT2D eigenvalue weighted by Gasteiger charge is 2.26. The van der Waals surface area contributed by atoms with Crippen molar-refractivity contribution in [3.05, 3.63) is 59.0 Å². The Morgan fingerprint density at radius 2 is 1.88 bits per heavy atom. The molecule has 0 saturated heterocycles. The third kappa shape index (κ3) is 3.38. The van der Waals surface area contributed by atoms with E-state index in [0.717, 1.165) is 12.1 Å². The number of halogens is 2. The van der Waals surface area contributed by atoms with Crippen LogP contribution in [0.2, 0.25) is 5.02 Å². The van der Waals surface area contributed by atoms with E-state index in [1.807, 2.05) is 0 Å². The van der Waals surface area contributed by atoms with Crippen LogP contribution in [-0.4, -0.2) is 24.1 Å². The van der Waals surface area contributed by atoms with Crippen molar-refractivity contribution in [3.8, 4) is 0 Å². The highest BCUT2D eigenvalue weighted by molar-refractivity contribution is 7.93. The highest BCUT2D eigenvalue weighted by Crippen LogP contribution is 2.32. The van der Waals surface area contributed by atoms with Gasteiger partial charge in [0.2, 0.25) is 0 Å². The minimum absolute atomic E-state index is 0.116. The normalized spacial score (nSPS) is 11.7. The number of nitrogens with one attached hydrogen (secondary N) is 1. The first-order valence-corrected chi connectivity index (χ1v) is 9.33. The van der Waals surface area contributed by atoms with Gasteiger partial charge < -0.3 is 9.67 Å². The molecule has 3 aromatic rings. The zero-order valence-electron chi connectivity index (χ0n) is 13.5. The second kappa shape index (κ2) is 6.62. The molecule has 26 heavy (non-hydrogen) atoms. The Morgan fingerprint density at radius 3 is 2.50 bits per heavy atom. The zero-order valence-corrected chi connectivity index (χ0v) is 15.1. The first-order chi connectivity index (χ1) is 12.2. The van der Waals surface area contributed by atoms with Crippen molar-refractivity contribution in [1.82, 2.24) is 4.57 Å². The second-order valence-electron chi connectivity index (χ2n) is 5.67. The van der Waals surface area contributed by atoms with Gasteiger partial charge in [-0.1, -0.05) is 11.6 Å². The minimum atomic E-state index is -4.09. The van der Waals surface area contributed by atoms with Gasteiger partial charge in [-0.05, 0) is 49.4 Å². The molecule has 0 aliphatic rings. The van der Waals surface area contributed by atoms with Crippen LogP contribution in [0.3, 0.4) is 0 Å². The van der Waals surface area contributed by atoms with E-state index in [4.69, 9.17) is 16.7 Å². The average Bonchev–Trinajstić information content (AvgIpc) is 2.81. The molecule has 1 aromatic heterocycles. The van der Waals surface area contributed by atoms with Crippen molar-refractivity contribution in [2.75, 3.05) is 4.72 Å². The molecular weight excluding hydrogens is 383 g/mol. The lowest BCUT2D eigenvalue weighted by Crippen LogP contribution is -2.15. The number of nitrogens with zero attached hydrogens (tertiary/aromatic N) is 1. The Bertz CT molecular complexity index is 1110. The summed E-state index contributed by atoms with van der Waals surface area (Å²) in [5.74, 6) is -1.75. The van der Waals surface area contributed by atoms with Crippen molar-refractivity contribution in [3.63, 3.8) is 0 Å². The van der Waals surface area contributed by atoms with Crippen molar-refractivity contribution >= 4 is 44.2 Å². The monoisotopic (exact) mass is 396 g/mol. The molecule has 9 heteroatoms. The van der Waals surface area contributed by atoms with Crippen LogP contribution in [0.4, 0.5) is 10.1 Å². The summed E-state index contributed by atoms with van der Waals surface area (Å²) in [5.41, 5.74) is 0.807. The maximum absolute atomic E-state index is 13.7. The SMILES string of the molecule is Cc1c(S(=O)(=O)Nc2ccc(Cl)cc2)c2cc(F)ccc2n1CC(=O)O. The van der Waals surface area contributed by atoms with Crippen LogP contribution in [0.25, 0.3) is 10.9 Å². The fraction of sp³-hybridized carbons (Fsp3) is 0.118. The molecule has 0 unspecified atom stereocenters. The topological polar surface area (TPSA) is 88.4 Å². The smallest absolute Gasteiger partial charge is 0.323 e. The largest absolute Gasteiger partial charge is 0.480 e. The Hall–Kier alpha value is -2.58. The van der Waals surface area contributed by atoms with E-state index >= 15 is 0 Å². The molecule has 0 fully saturated rings. The lowest BCUT2D eigenvalue weighted by molar-refractivity contribution is -0.137. The Balaban J connectivity index is 2.19. The van der Waals surface area contributed by atoms with Crippen LogP contribution < -0.4 is 4.72 Å². The number of sulfonamides is 1. The fourth-order valence-electron chi connectivity index (χ4n) is 2.83. The van der Waals surface area contributed by atoms with Gasteiger partial charge in [0.05, 0.1) is 5.52 Å². The number of benzene rings is 2. The number of carboxylic acids is 1. The molecule has 0 amide bonds. The molecule has 0 bridgehead atoms. The summed E-state index contributed by atoms with van der Waals surface area (Å²) >= 11 is 5.79. The predicted molar refractivity (Wildman–Crippen MR) is 96.5 cm³/mol. The highest BCUT2D eigenvalue weighted by atomic mass is 35.5. The summed E-state index contributed by atoms with van der Waals surface area (Å²) in [5, 5.41) is 9.67. The van der Waals surface area contributed by atoms with Gasteiger partial charge in [-0.15, -0.1) is 0 Å². The fourth-order valence-corrected chi connectivity index (χ4v) is 4.45. The molecule has 0 saturated carbocycles. The Labute approximate surface area is 153 Å². The van der Waals surface area contributed by atoms with Crippen LogP contribution in [-0.2, 0) is 21.4 Å². The van der Waals surface area contributed by atoms with E-state index in [2.05, 4.69) is 4.72 Å². The summed E-state index contributed by atoms with van der Waals surface area (Å²) in [6, 6.07) is 9.64. The van der Waals surface area contributed by atoms with Crippen molar-refractivity contribution < 1.29 is 22.7 Å². The van der Waals surface area contributed by atoms with Crippen LogP contribution in [0, 0.1) is 12.7 Å². The summed E-state index contributed by atoms with van der Waals surface area (Å²) in [7, 11) is -4.09. The first-order valence-electron chi connectivity index (χ1n) is 7.47. The molecule has 0 atom stereocenters. The Morgan fingerprint density at radius 1 is 1.23 bits per heavy atom. The van der Waals surface area contributed by atoms with Gasteiger partial charge in [0.1, 0.15) is 17.3 Å². The molecule has 0 spiro atoms. The van der Waals surface area contributed by atoms with E-state index in [0.29, 0.717) is 10.5 Å². The lowest BCUT2D eigenvalue weighted by atomic mass is 10.2. The first kappa shape index (κ1) is 18.2. The molecule has 0 aliphatic carbocycles. The summed E-state index contributed by atoms with van der Waals surface area (Å²) in [6.45, 7) is 1.04. The second-order valence-corrected chi connectivity index (χ2v) is 7.72. The van der Waals surface area contributed by atoms with Gasteiger partial charge in [0, 0.05) is 21.8 Å². The van der Waals surface area contributed by atoms with Crippen LogP contribution in [0.5, 0.6) is 0 Å². The zero-order chi connectivity index (χ0) is 19.1.